The van der Waals surface area contributed by atoms with Crippen LogP contribution >= 0.6 is 34.7 Å². The zero-order valence-electron chi connectivity index (χ0n) is 11.3. The Morgan fingerprint density at radius 2 is 2.19 bits per heavy atom. The monoisotopic (exact) mass is 335 g/mol. The summed E-state index contributed by atoms with van der Waals surface area (Å²) in [5, 5.41) is 12.0. The molecule has 0 saturated heterocycles. The van der Waals surface area contributed by atoms with Gasteiger partial charge in [-0.3, -0.25) is 0 Å². The summed E-state index contributed by atoms with van der Waals surface area (Å²) in [6, 6.07) is 12.2. The molecule has 0 N–H and O–H groups in total. The molecule has 3 rings (SSSR count). The van der Waals surface area contributed by atoms with Gasteiger partial charge in [-0.25, -0.2) is 0 Å². The molecule has 108 valence electrons. The molecule has 0 aliphatic rings. The molecule has 0 aliphatic carbocycles. The van der Waals surface area contributed by atoms with E-state index in [-0.39, 0.29) is 0 Å². The largest absolute Gasteiger partial charge is 0.308 e. The Balaban J connectivity index is 1.60. The summed E-state index contributed by atoms with van der Waals surface area (Å²) in [6.07, 6.45) is 2.81. The van der Waals surface area contributed by atoms with Crippen molar-refractivity contribution in [2.24, 2.45) is 0 Å². The van der Waals surface area contributed by atoms with E-state index in [0.717, 1.165) is 28.9 Å². The molecule has 0 spiro atoms. The predicted octanol–water partition coefficient (Wildman–Crippen LogP) is 4.53. The number of hydrogen-bond donors (Lipinski definition) is 0. The summed E-state index contributed by atoms with van der Waals surface area (Å²) in [4.78, 5) is 1.38. The van der Waals surface area contributed by atoms with Gasteiger partial charge in [-0.15, -0.1) is 21.5 Å². The highest BCUT2D eigenvalue weighted by Crippen LogP contribution is 2.22. The summed E-state index contributed by atoms with van der Waals surface area (Å²) in [5.41, 5.74) is 1.19. The summed E-state index contributed by atoms with van der Waals surface area (Å²) in [5.74, 6) is 0.845. The number of thiophene rings is 1. The Morgan fingerprint density at radius 3 is 3.00 bits per heavy atom. The van der Waals surface area contributed by atoms with Crippen molar-refractivity contribution >= 4 is 34.7 Å². The second kappa shape index (κ2) is 7.11. The zero-order chi connectivity index (χ0) is 14.5. The van der Waals surface area contributed by atoms with Gasteiger partial charge in [-0.1, -0.05) is 41.6 Å². The van der Waals surface area contributed by atoms with E-state index >= 15 is 0 Å². The minimum Gasteiger partial charge on any atom is -0.308 e. The predicted molar refractivity (Wildman–Crippen MR) is 89.1 cm³/mol. The van der Waals surface area contributed by atoms with E-state index in [2.05, 4.69) is 38.3 Å². The molecule has 21 heavy (non-hydrogen) atoms. The van der Waals surface area contributed by atoms with Crippen molar-refractivity contribution in [1.82, 2.24) is 14.8 Å². The Labute approximate surface area is 137 Å². The number of aromatic nitrogens is 3. The number of benzene rings is 1. The SMILES string of the molecule is Clc1cccc(CSc2nncn2CCc2cccs2)c1. The zero-order valence-corrected chi connectivity index (χ0v) is 13.7. The van der Waals surface area contributed by atoms with Crippen LogP contribution < -0.4 is 0 Å². The average molecular weight is 336 g/mol. The molecule has 2 heterocycles. The van der Waals surface area contributed by atoms with Gasteiger partial charge in [0.25, 0.3) is 0 Å². The maximum atomic E-state index is 6.00. The van der Waals surface area contributed by atoms with Gasteiger partial charge in [-0.05, 0) is 35.6 Å². The highest BCUT2D eigenvalue weighted by molar-refractivity contribution is 7.98. The topological polar surface area (TPSA) is 30.7 Å². The standard InChI is InChI=1S/C15H14ClN3S2/c16-13-4-1-3-12(9-13)10-21-15-18-17-11-19(15)7-6-14-5-2-8-20-14/h1-5,8-9,11H,6-7,10H2. The minimum absolute atomic E-state index is 0.771. The van der Waals surface area contributed by atoms with E-state index in [0.29, 0.717) is 0 Å². The Hall–Kier alpha value is -1.30. The van der Waals surface area contributed by atoms with E-state index < -0.39 is 0 Å². The van der Waals surface area contributed by atoms with E-state index in [4.69, 9.17) is 11.6 Å². The van der Waals surface area contributed by atoms with E-state index in [9.17, 15) is 0 Å². The van der Waals surface area contributed by atoms with Crippen LogP contribution in [0.4, 0.5) is 0 Å². The molecule has 2 aromatic heterocycles. The highest BCUT2D eigenvalue weighted by atomic mass is 35.5. The molecule has 6 heteroatoms. The summed E-state index contributed by atoms with van der Waals surface area (Å²) >= 11 is 9.48. The van der Waals surface area contributed by atoms with Gasteiger partial charge in [0.05, 0.1) is 0 Å². The smallest absolute Gasteiger partial charge is 0.191 e. The van der Waals surface area contributed by atoms with Crippen molar-refractivity contribution in [2.75, 3.05) is 0 Å². The maximum absolute atomic E-state index is 6.00. The van der Waals surface area contributed by atoms with Gasteiger partial charge in [0.2, 0.25) is 0 Å². The Bertz CT molecular complexity index is 695. The first-order chi connectivity index (χ1) is 10.3. The lowest BCUT2D eigenvalue weighted by atomic mass is 10.2. The van der Waals surface area contributed by atoms with Crippen LogP contribution in [0.5, 0.6) is 0 Å². The number of aryl methyl sites for hydroxylation is 2. The van der Waals surface area contributed by atoms with E-state index in [1.54, 1.807) is 29.4 Å². The van der Waals surface area contributed by atoms with Crippen molar-refractivity contribution in [3.8, 4) is 0 Å². The van der Waals surface area contributed by atoms with Crippen LogP contribution in [0, 0.1) is 0 Å². The van der Waals surface area contributed by atoms with Gasteiger partial charge in [0.1, 0.15) is 6.33 Å². The van der Waals surface area contributed by atoms with Gasteiger partial charge in [-0.2, -0.15) is 0 Å². The number of rotatable bonds is 6. The molecule has 3 nitrogen and oxygen atoms in total. The number of hydrogen-bond acceptors (Lipinski definition) is 4. The lowest BCUT2D eigenvalue weighted by Crippen LogP contribution is -2.01. The second-order valence-corrected chi connectivity index (χ2v) is 6.97. The van der Waals surface area contributed by atoms with Crippen LogP contribution in [0.25, 0.3) is 0 Å². The first-order valence-electron chi connectivity index (χ1n) is 6.59. The number of halogens is 1. The molecular weight excluding hydrogens is 322 g/mol. The van der Waals surface area contributed by atoms with Crippen molar-refractivity contribution < 1.29 is 0 Å². The summed E-state index contributed by atoms with van der Waals surface area (Å²) in [7, 11) is 0. The number of nitrogens with zero attached hydrogens (tertiary/aromatic N) is 3. The second-order valence-electron chi connectivity index (χ2n) is 4.55. The van der Waals surface area contributed by atoms with Gasteiger partial charge >= 0.3 is 0 Å². The summed E-state index contributed by atoms with van der Waals surface area (Å²) < 4.78 is 2.11. The van der Waals surface area contributed by atoms with Crippen molar-refractivity contribution in [3.05, 3.63) is 63.6 Å². The number of thioether (sulfide) groups is 1. The molecule has 1 aromatic carbocycles. The van der Waals surface area contributed by atoms with Crippen LogP contribution in [0.1, 0.15) is 10.4 Å². The molecular formula is C15H14ClN3S2. The molecule has 0 saturated carbocycles. The van der Waals surface area contributed by atoms with Crippen LogP contribution in [0.2, 0.25) is 5.02 Å². The molecule has 0 unspecified atom stereocenters. The molecule has 0 bridgehead atoms. The highest BCUT2D eigenvalue weighted by Gasteiger charge is 2.06. The van der Waals surface area contributed by atoms with E-state index in [1.807, 2.05) is 18.2 Å². The molecule has 0 atom stereocenters. The molecule has 0 amide bonds. The fourth-order valence-corrected chi connectivity index (χ4v) is 3.77. The average Bonchev–Trinajstić information content (AvgIpc) is 3.14. The van der Waals surface area contributed by atoms with Crippen molar-refractivity contribution in [1.29, 1.82) is 0 Å². The minimum atomic E-state index is 0.771. The van der Waals surface area contributed by atoms with Crippen molar-refractivity contribution in [2.45, 2.75) is 23.9 Å². The fourth-order valence-electron chi connectivity index (χ4n) is 1.97. The van der Waals surface area contributed by atoms with Crippen LogP contribution in [0.3, 0.4) is 0 Å². The lowest BCUT2D eigenvalue weighted by Gasteiger charge is -2.05. The molecule has 0 fully saturated rings. The fraction of sp³-hybridized carbons (Fsp3) is 0.200. The van der Waals surface area contributed by atoms with Crippen LogP contribution in [0.15, 0.2) is 53.3 Å². The third-order valence-electron chi connectivity index (χ3n) is 3.02. The third kappa shape index (κ3) is 4.09. The Kier molecular flexibility index (Phi) is 4.95. The first kappa shape index (κ1) is 14.6. The van der Waals surface area contributed by atoms with Gasteiger partial charge in [0, 0.05) is 22.2 Å². The summed E-state index contributed by atoms with van der Waals surface area (Å²) in [6.45, 7) is 0.908. The van der Waals surface area contributed by atoms with Gasteiger partial charge in [0.15, 0.2) is 5.16 Å². The molecule has 0 aliphatic heterocycles. The lowest BCUT2D eigenvalue weighted by molar-refractivity contribution is 0.637. The van der Waals surface area contributed by atoms with Crippen molar-refractivity contribution in [3.63, 3.8) is 0 Å². The quantitative estimate of drug-likeness (QED) is 0.620. The van der Waals surface area contributed by atoms with Gasteiger partial charge < -0.3 is 4.57 Å². The van der Waals surface area contributed by atoms with Crippen LogP contribution in [-0.2, 0) is 18.7 Å². The third-order valence-corrected chi connectivity index (χ3v) is 5.24. The normalized spacial score (nSPS) is 10.9. The molecule has 0 radical (unpaired) electrons. The van der Waals surface area contributed by atoms with Crippen LogP contribution in [-0.4, -0.2) is 14.8 Å². The first-order valence-corrected chi connectivity index (χ1v) is 8.83. The van der Waals surface area contributed by atoms with E-state index in [1.165, 1.54) is 10.4 Å². The molecule has 3 aromatic rings. The Morgan fingerprint density at radius 1 is 1.24 bits per heavy atom. The maximum Gasteiger partial charge on any atom is 0.191 e.